The van der Waals surface area contributed by atoms with Gasteiger partial charge in [0.25, 0.3) is 5.56 Å². The van der Waals surface area contributed by atoms with Gasteiger partial charge < -0.3 is 9.67 Å². The molecule has 0 saturated carbocycles. The number of rotatable bonds is 2. The molecule has 0 unspecified atom stereocenters. The van der Waals surface area contributed by atoms with Crippen LogP contribution in [0, 0.1) is 0 Å². The van der Waals surface area contributed by atoms with Gasteiger partial charge in [-0.1, -0.05) is 54.1 Å². The topological polar surface area (TPSA) is 42.2 Å². The molecule has 0 spiro atoms. The number of aromatic nitrogens is 1. The van der Waals surface area contributed by atoms with Crippen molar-refractivity contribution in [1.82, 2.24) is 4.57 Å². The SMILES string of the molecule is CC(C)(C)n1c(-c2ccc(Cl)cc2)cc(O)c(-c2ccccc2)c1=O. The second-order valence-electron chi connectivity index (χ2n) is 6.97. The predicted octanol–water partition coefficient (Wildman–Crippen LogP) is 5.30. The zero-order valence-corrected chi connectivity index (χ0v) is 15.2. The Kier molecular flexibility index (Phi) is 4.44. The normalized spacial score (nSPS) is 11.5. The zero-order valence-electron chi connectivity index (χ0n) is 14.5. The summed E-state index contributed by atoms with van der Waals surface area (Å²) in [6.45, 7) is 5.92. The highest BCUT2D eigenvalue weighted by atomic mass is 35.5. The van der Waals surface area contributed by atoms with Gasteiger partial charge in [0.05, 0.1) is 11.3 Å². The van der Waals surface area contributed by atoms with Crippen LogP contribution in [-0.2, 0) is 5.54 Å². The lowest BCUT2D eigenvalue weighted by atomic mass is 9.99. The molecule has 3 nitrogen and oxygen atoms in total. The Bertz CT molecular complexity index is 952. The number of halogens is 1. The fraction of sp³-hybridized carbons (Fsp3) is 0.190. The van der Waals surface area contributed by atoms with Gasteiger partial charge in [-0.25, -0.2) is 0 Å². The predicted molar refractivity (Wildman–Crippen MR) is 103 cm³/mol. The van der Waals surface area contributed by atoms with Crippen molar-refractivity contribution in [3.8, 4) is 28.1 Å². The Labute approximate surface area is 152 Å². The Balaban J connectivity index is 2.35. The molecule has 0 atom stereocenters. The van der Waals surface area contributed by atoms with Crippen molar-refractivity contribution in [2.24, 2.45) is 0 Å². The monoisotopic (exact) mass is 353 g/mol. The van der Waals surface area contributed by atoms with Crippen molar-refractivity contribution in [3.63, 3.8) is 0 Å². The summed E-state index contributed by atoms with van der Waals surface area (Å²) in [7, 11) is 0. The molecule has 0 aliphatic carbocycles. The van der Waals surface area contributed by atoms with Crippen LogP contribution in [0.3, 0.4) is 0 Å². The Morgan fingerprint density at radius 2 is 1.52 bits per heavy atom. The molecule has 3 rings (SSSR count). The van der Waals surface area contributed by atoms with Crippen LogP contribution in [-0.4, -0.2) is 9.67 Å². The van der Waals surface area contributed by atoms with E-state index in [1.54, 1.807) is 22.8 Å². The standard InChI is InChI=1S/C21H20ClNO2/c1-21(2,3)23-17(14-9-11-16(22)12-10-14)13-18(24)19(20(23)25)15-7-5-4-6-8-15/h4-13,24H,1-3H3. The Morgan fingerprint density at radius 3 is 2.08 bits per heavy atom. The lowest BCUT2D eigenvalue weighted by Gasteiger charge is -2.27. The average Bonchev–Trinajstić information content (AvgIpc) is 2.54. The average molecular weight is 354 g/mol. The van der Waals surface area contributed by atoms with Gasteiger partial charge in [0.1, 0.15) is 5.75 Å². The largest absolute Gasteiger partial charge is 0.507 e. The van der Waals surface area contributed by atoms with Crippen LogP contribution in [0.5, 0.6) is 5.75 Å². The summed E-state index contributed by atoms with van der Waals surface area (Å²) in [5.74, 6) is -0.0262. The second kappa shape index (κ2) is 6.41. The van der Waals surface area contributed by atoms with E-state index in [1.165, 1.54) is 0 Å². The summed E-state index contributed by atoms with van der Waals surface area (Å²) in [5.41, 5.74) is 1.82. The van der Waals surface area contributed by atoms with Crippen LogP contribution < -0.4 is 5.56 Å². The van der Waals surface area contributed by atoms with E-state index in [0.717, 1.165) is 5.56 Å². The molecule has 0 bridgehead atoms. The molecule has 1 aromatic heterocycles. The molecule has 1 heterocycles. The molecular formula is C21H20ClNO2. The molecule has 0 amide bonds. The van der Waals surface area contributed by atoms with Gasteiger partial charge in [0, 0.05) is 16.6 Å². The number of benzene rings is 2. The number of hydrogen-bond acceptors (Lipinski definition) is 2. The molecule has 0 fully saturated rings. The van der Waals surface area contributed by atoms with Crippen molar-refractivity contribution in [1.29, 1.82) is 0 Å². The summed E-state index contributed by atoms with van der Waals surface area (Å²) in [4.78, 5) is 13.3. The molecule has 0 aliphatic rings. The fourth-order valence-electron chi connectivity index (χ4n) is 2.97. The van der Waals surface area contributed by atoms with Crippen molar-refractivity contribution in [3.05, 3.63) is 76.0 Å². The van der Waals surface area contributed by atoms with Crippen LogP contribution in [0.25, 0.3) is 22.4 Å². The minimum atomic E-state index is -0.455. The minimum absolute atomic E-state index is 0.0262. The van der Waals surface area contributed by atoms with E-state index in [0.29, 0.717) is 21.8 Å². The molecule has 0 radical (unpaired) electrons. The first-order valence-electron chi connectivity index (χ1n) is 8.10. The molecule has 25 heavy (non-hydrogen) atoms. The molecular weight excluding hydrogens is 334 g/mol. The summed E-state index contributed by atoms with van der Waals surface area (Å²) < 4.78 is 1.72. The van der Waals surface area contributed by atoms with Gasteiger partial charge in [-0.15, -0.1) is 0 Å². The highest BCUT2D eigenvalue weighted by molar-refractivity contribution is 6.30. The lowest BCUT2D eigenvalue weighted by Crippen LogP contribution is -2.35. The maximum absolute atomic E-state index is 13.3. The zero-order chi connectivity index (χ0) is 18.2. The van der Waals surface area contributed by atoms with Gasteiger partial charge in [0.15, 0.2) is 0 Å². The van der Waals surface area contributed by atoms with Gasteiger partial charge in [-0.2, -0.15) is 0 Å². The Morgan fingerprint density at radius 1 is 0.920 bits per heavy atom. The van der Waals surface area contributed by atoms with Crippen molar-refractivity contribution in [2.45, 2.75) is 26.3 Å². The molecule has 0 aliphatic heterocycles. The fourth-order valence-corrected chi connectivity index (χ4v) is 3.10. The maximum Gasteiger partial charge on any atom is 0.263 e. The van der Waals surface area contributed by atoms with Crippen LogP contribution in [0.4, 0.5) is 0 Å². The van der Waals surface area contributed by atoms with E-state index in [4.69, 9.17) is 11.6 Å². The molecule has 3 aromatic rings. The molecule has 1 N–H and O–H groups in total. The van der Waals surface area contributed by atoms with E-state index in [1.807, 2.05) is 63.2 Å². The van der Waals surface area contributed by atoms with Crippen LogP contribution in [0.2, 0.25) is 5.02 Å². The van der Waals surface area contributed by atoms with E-state index >= 15 is 0 Å². The third kappa shape index (κ3) is 3.33. The number of aromatic hydroxyl groups is 1. The quantitative estimate of drug-likeness (QED) is 0.679. The highest BCUT2D eigenvalue weighted by Crippen LogP contribution is 2.33. The third-order valence-corrected chi connectivity index (χ3v) is 4.31. The van der Waals surface area contributed by atoms with E-state index in [2.05, 4.69) is 0 Å². The van der Waals surface area contributed by atoms with Crippen molar-refractivity contribution in [2.75, 3.05) is 0 Å². The van der Waals surface area contributed by atoms with Gasteiger partial charge >= 0.3 is 0 Å². The summed E-state index contributed by atoms with van der Waals surface area (Å²) >= 11 is 5.98. The van der Waals surface area contributed by atoms with Gasteiger partial charge in [0.2, 0.25) is 0 Å². The minimum Gasteiger partial charge on any atom is -0.507 e. The first-order valence-corrected chi connectivity index (χ1v) is 8.47. The second-order valence-corrected chi connectivity index (χ2v) is 7.41. The van der Waals surface area contributed by atoms with E-state index in [9.17, 15) is 9.90 Å². The lowest BCUT2D eigenvalue weighted by molar-refractivity contribution is 0.385. The summed E-state index contributed by atoms with van der Waals surface area (Å²) in [6.07, 6.45) is 0. The smallest absolute Gasteiger partial charge is 0.263 e. The molecule has 128 valence electrons. The third-order valence-electron chi connectivity index (χ3n) is 4.06. The first-order chi connectivity index (χ1) is 11.8. The summed E-state index contributed by atoms with van der Waals surface area (Å²) in [5, 5.41) is 11.2. The molecule has 2 aromatic carbocycles. The highest BCUT2D eigenvalue weighted by Gasteiger charge is 2.24. The van der Waals surface area contributed by atoms with Crippen LogP contribution in [0.15, 0.2) is 65.5 Å². The van der Waals surface area contributed by atoms with Crippen LogP contribution >= 0.6 is 11.6 Å². The Hall–Kier alpha value is -2.52. The van der Waals surface area contributed by atoms with E-state index < -0.39 is 5.54 Å². The first kappa shape index (κ1) is 17.3. The number of nitrogens with zero attached hydrogens (tertiary/aromatic N) is 1. The van der Waals surface area contributed by atoms with Crippen molar-refractivity contribution < 1.29 is 5.11 Å². The van der Waals surface area contributed by atoms with Gasteiger partial charge in [-0.05, 0) is 44.0 Å². The van der Waals surface area contributed by atoms with Gasteiger partial charge in [-0.3, -0.25) is 4.79 Å². The molecule has 4 heteroatoms. The van der Waals surface area contributed by atoms with Crippen molar-refractivity contribution >= 4 is 11.6 Å². The van der Waals surface area contributed by atoms with Crippen LogP contribution in [0.1, 0.15) is 20.8 Å². The number of hydrogen-bond donors (Lipinski definition) is 1. The molecule has 0 saturated heterocycles. The number of pyridine rings is 1. The summed E-state index contributed by atoms with van der Waals surface area (Å²) in [6, 6.07) is 18.1. The van der Waals surface area contributed by atoms with E-state index in [-0.39, 0.29) is 11.3 Å². The maximum atomic E-state index is 13.3.